The molecular formula is C21H23N5O2S2. The van der Waals surface area contributed by atoms with E-state index in [1.54, 1.807) is 41.8 Å². The number of amides is 2. The van der Waals surface area contributed by atoms with Crippen molar-refractivity contribution in [1.29, 1.82) is 0 Å². The molecule has 0 radical (unpaired) electrons. The Morgan fingerprint density at radius 2 is 1.93 bits per heavy atom. The topological polar surface area (TPSA) is 88.9 Å². The lowest BCUT2D eigenvalue weighted by Gasteiger charge is -2.07. The molecule has 0 saturated carbocycles. The van der Waals surface area contributed by atoms with Crippen molar-refractivity contribution in [3.05, 3.63) is 52.8 Å². The first kappa shape index (κ1) is 20.6. The predicted octanol–water partition coefficient (Wildman–Crippen LogP) is 4.13. The largest absolute Gasteiger partial charge is 0.329 e. The van der Waals surface area contributed by atoms with Crippen LogP contribution in [0.5, 0.6) is 0 Å². The second-order valence-corrected chi connectivity index (χ2v) is 9.16. The number of aryl methyl sites for hydroxylation is 3. The van der Waals surface area contributed by atoms with Gasteiger partial charge in [0.15, 0.2) is 10.3 Å². The number of aromatic nitrogens is 3. The molecule has 30 heavy (non-hydrogen) atoms. The standard InChI is InChI=1S/C21H23N5O2S2/c1-26-12-11-22-21(26)29-13-18(27)23-15-9-7-14(8-10-15)19(28)25-20-24-16-5-3-2-4-6-17(16)30-20/h7-12H,2-6,13H2,1H3,(H,23,27)(H,24,25,28). The van der Waals surface area contributed by atoms with Crippen LogP contribution in [0, 0.1) is 0 Å². The van der Waals surface area contributed by atoms with E-state index in [2.05, 4.69) is 20.6 Å². The van der Waals surface area contributed by atoms with E-state index in [1.165, 1.54) is 29.5 Å². The van der Waals surface area contributed by atoms with E-state index in [0.29, 0.717) is 16.4 Å². The van der Waals surface area contributed by atoms with Gasteiger partial charge in [-0.2, -0.15) is 0 Å². The zero-order valence-corrected chi connectivity index (χ0v) is 18.3. The van der Waals surface area contributed by atoms with Crippen molar-refractivity contribution >= 4 is 45.7 Å². The number of anilines is 2. The molecule has 1 aliphatic rings. The number of imidazole rings is 1. The van der Waals surface area contributed by atoms with E-state index < -0.39 is 0 Å². The highest BCUT2D eigenvalue weighted by molar-refractivity contribution is 7.99. The Labute approximate surface area is 183 Å². The monoisotopic (exact) mass is 441 g/mol. The summed E-state index contributed by atoms with van der Waals surface area (Å²) in [4.78, 5) is 34.8. The maximum atomic E-state index is 12.5. The molecule has 9 heteroatoms. The lowest BCUT2D eigenvalue weighted by Crippen LogP contribution is -2.15. The van der Waals surface area contributed by atoms with Crippen LogP contribution in [0.15, 0.2) is 41.8 Å². The third-order valence-electron chi connectivity index (χ3n) is 4.86. The maximum absolute atomic E-state index is 12.5. The Kier molecular flexibility index (Phi) is 6.49. The molecule has 0 atom stereocenters. The van der Waals surface area contributed by atoms with Crippen LogP contribution in [0.25, 0.3) is 0 Å². The van der Waals surface area contributed by atoms with Crippen molar-refractivity contribution in [2.24, 2.45) is 7.05 Å². The quantitative estimate of drug-likeness (QED) is 0.444. The molecule has 2 amide bonds. The lowest BCUT2D eigenvalue weighted by atomic mass is 10.2. The number of thiazole rings is 1. The Bertz CT molecular complexity index is 1020. The van der Waals surface area contributed by atoms with Gasteiger partial charge in [-0.1, -0.05) is 18.2 Å². The molecule has 1 aliphatic carbocycles. The van der Waals surface area contributed by atoms with E-state index in [4.69, 9.17) is 0 Å². The van der Waals surface area contributed by atoms with E-state index in [-0.39, 0.29) is 17.6 Å². The van der Waals surface area contributed by atoms with Crippen LogP contribution >= 0.6 is 23.1 Å². The molecule has 1 aromatic carbocycles. The number of carbonyl (C=O) groups excluding carboxylic acids is 2. The molecule has 2 aromatic heterocycles. The highest BCUT2D eigenvalue weighted by Gasteiger charge is 2.16. The number of nitrogens with one attached hydrogen (secondary N) is 2. The van der Waals surface area contributed by atoms with Crippen molar-refractivity contribution < 1.29 is 9.59 Å². The van der Waals surface area contributed by atoms with Gasteiger partial charge in [0.1, 0.15) is 0 Å². The van der Waals surface area contributed by atoms with Crippen molar-refractivity contribution in [3.63, 3.8) is 0 Å². The fourth-order valence-corrected chi connectivity index (χ4v) is 5.05. The minimum Gasteiger partial charge on any atom is -0.329 e. The van der Waals surface area contributed by atoms with Crippen LogP contribution < -0.4 is 10.6 Å². The first-order valence-electron chi connectivity index (χ1n) is 9.88. The van der Waals surface area contributed by atoms with Crippen molar-refractivity contribution in [2.75, 3.05) is 16.4 Å². The number of thioether (sulfide) groups is 1. The van der Waals surface area contributed by atoms with Crippen LogP contribution in [0.3, 0.4) is 0 Å². The summed E-state index contributed by atoms with van der Waals surface area (Å²) in [5.41, 5.74) is 2.31. The number of nitrogens with zero attached hydrogens (tertiary/aromatic N) is 3. The lowest BCUT2D eigenvalue weighted by molar-refractivity contribution is -0.113. The van der Waals surface area contributed by atoms with Crippen molar-refractivity contribution in [3.8, 4) is 0 Å². The summed E-state index contributed by atoms with van der Waals surface area (Å²) in [6, 6.07) is 6.87. The molecule has 0 aliphatic heterocycles. The number of hydrogen-bond donors (Lipinski definition) is 2. The van der Waals surface area contributed by atoms with Crippen LogP contribution in [0.4, 0.5) is 10.8 Å². The third-order valence-corrected chi connectivity index (χ3v) is 6.99. The highest BCUT2D eigenvalue weighted by Crippen LogP contribution is 2.29. The smallest absolute Gasteiger partial charge is 0.257 e. The molecule has 7 nitrogen and oxygen atoms in total. The zero-order valence-electron chi connectivity index (χ0n) is 16.7. The Morgan fingerprint density at radius 3 is 2.70 bits per heavy atom. The molecule has 4 rings (SSSR count). The fraction of sp³-hybridized carbons (Fsp3) is 0.333. The molecule has 3 aromatic rings. The first-order valence-corrected chi connectivity index (χ1v) is 11.7. The summed E-state index contributed by atoms with van der Waals surface area (Å²) < 4.78 is 1.87. The summed E-state index contributed by atoms with van der Waals surface area (Å²) in [7, 11) is 1.89. The summed E-state index contributed by atoms with van der Waals surface area (Å²) in [5, 5.41) is 7.20. The normalized spacial score (nSPS) is 13.4. The molecule has 0 fully saturated rings. The van der Waals surface area contributed by atoms with Crippen LogP contribution in [0.2, 0.25) is 0 Å². The van der Waals surface area contributed by atoms with E-state index in [0.717, 1.165) is 30.1 Å². The van der Waals surface area contributed by atoms with Crippen LogP contribution in [-0.2, 0) is 24.7 Å². The molecule has 2 N–H and O–H groups in total. The third kappa shape index (κ3) is 5.09. The summed E-state index contributed by atoms with van der Waals surface area (Å²) in [5.74, 6) is -0.0476. The van der Waals surface area contributed by atoms with E-state index in [1.807, 2.05) is 17.8 Å². The van der Waals surface area contributed by atoms with Gasteiger partial charge in [0.05, 0.1) is 11.4 Å². The second kappa shape index (κ2) is 9.44. The molecule has 156 valence electrons. The predicted molar refractivity (Wildman–Crippen MR) is 120 cm³/mol. The van der Waals surface area contributed by atoms with Gasteiger partial charge < -0.3 is 9.88 Å². The number of fused-ring (bicyclic) bond motifs is 1. The van der Waals surface area contributed by atoms with Crippen LogP contribution in [0.1, 0.15) is 40.2 Å². The van der Waals surface area contributed by atoms with Gasteiger partial charge in [-0.25, -0.2) is 9.97 Å². The van der Waals surface area contributed by atoms with Crippen molar-refractivity contribution in [2.45, 2.75) is 37.3 Å². The van der Waals surface area contributed by atoms with Crippen molar-refractivity contribution in [1.82, 2.24) is 14.5 Å². The van der Waals surface area contributed by atoms with Gasteiger partial charge >= 0.3 is 0 Å². The van der Waals surface area contributed by atoms with E-state index in [9.17, 15) is 9.59 Å². The summed E-state index contributed by atoms with van der Waals surface area (Å²) >= 11 is 2.95. The van der Waals surface area contributed by atoms with Gasteiger partial charge in [0.25, 0.3) is 5.91 Å². The van der Waals surface area contributed by atoms with Crippen LogP contribution in [-0.4, -0.2) is 32.1 Å². The minimum atomic E-state index is -0.192. The highest BCUT2D eigenvalue weighted by atomic mass is 32.2. The Hall–Kier alpha value is -2.65. The molecule has 0 bridgehead atoms. The average molecular weight is 442 g/mol. The Morgan fingerprint density at radius 1 is 1.13 bits per heavy atom. The molecule has 0 unspecified atom stereocenters. The molecule has 0 spiro atoms. The average Bonchev–Trinajstić information content (AvgIpc) is 3.25. The zero-order chi connectivity index (χ0) is 20.9. The fourth-order valence-electron chi connectivity index (χ4n) is 3.27. The van der Waals surface area contributed by atoms with E-state index >= 15 is 0 Å². The van der Waals surface area contributed by atoms with Gasteiger partial charge in [0, 0.05) is 35.6 Å². The molecule has 0 saturated heterocycles. The SMILES string of the molecule is Cn1ccnc1SCC(=O)Nc1ccc(C(=O)Nc2nc3c(s2)CCCCC3)cc1. The first-order chi connectivity index (χ1) is 14.6. The summed E-state index contributed by atoms with van der Waals surface area (Å²) in [6.07, 6.45) is 9.19. The van der Waals surface area contributed by atoms with Gasteiger partial charge in [0.2, 0.25) is 5.91 Å². The summed E-state index contributed by atoms with van der Waals surface area (Å²) in [6.45, 7) is 0. The maximum Gasteiger partial charge on any atom is 0.257 e. The molecular weight excluding hydrogens is 418 g/mol. The number of carbonyl (C=O) groups is 2. The van der Waals surface area contributed by atoms with Gasteiger partial charge in [-0.15, -0.1) is 11.3 Å². The number of rotatable bonds is 6. The Balaban J connectivity index is 1.31. The number of hydrogen-bond acceptors (Lipinski definition) is 6. The molecule has 2 heterocycles. The minimum absolute atomic E-state index is 0.121. The van der Waals surface area contributed by atoms with Gasteiger partial charge in [-0.3, -0.25) is 14.9 Å². The number of benzene rings is 1. The van der Waals surface area contributed by atoms with Gasteiger partial charge in [-0.05, 0) is 49.9 Å². The second-order valence-electron chi connectivity index (χ2n) is 7.14.